The molecule has 2 aliphatic carbocycles. The van der Waals surface area contributed by atoms with Crippen molar-refractivity contribution in [1.29, 1.82) is 0 Å². The Hall–Kier alpha value is -0.610. The number of hydrogen-bond acceptors (Lipinski definition) is 3. The van der Waals surface area contributed by atoms with Crippen LogP contribution in [-0.2, 0) is 4.79 Å². The minimum absolute atomic E-state index is 0.0868. The Balaban J connectivity index is 1.41. The lowest BCUT2D eigenvalue weighted by molar-refractivity contribution is -0.123. The lowest BCUT2D eigenvalue weighted by Crippen LogP contribution is -2.45. The molecule has 1 amide bonds. The summed E-state index contributed by atoms with van der Waals surface area (Å²) in [5.74, 6) is 1.59. The van der Waals surface area contributed by atoms with Gasteiger partial charge in [-0.15, -0.1) is 0 Å². The van der Waals surface area contributed by atoms with Gasteiger partial charge in [0.25, 0.3) is 0 Å². The molecule has 102 valence electrons. The fourth-order valence-electron chi connectivity index (χ4n) is 3.64. The summed E-state index contributed by atoms with van der Waals surface area (Å²) in [6.07, 6.45) is 6.52. The molecule has 4 nitrogen and oxygen atoms in total. The first-order valence-electron chi connectivity index (χ1n) is 7.47. The predicted molar refractivity (Wildman–Crippen MR) is 71.3 cm³/mol. The maximum absolute atomic E-state index is 12.2. The SMILES string of the molecule is CN(CCNC(=O)C1NCC2CCCC21)C1CC1. The van der Waals surface area contributed by atoms with Gasteiger partial charge in [-0.25, -0.2) is 0 Å². The zero-order chi connectivity index (χ0) is 12.5. The topological polar surface area (TPSA) is 44.4 Å². The highest BCUT2D eigenvalue weighted by Crippen LogP contribution is 2.37. The van der Waals surface area contributed by atoms with E-state index in [-0.39, 0.29) is 11.9 Å². The van der Waals surface area contributed by atoms with Crippen LogP contribution < -0.4 is 10.6 Å². The first-order chi connectivity index (χ1) is 8.75. The molecule has 0 radical (unpaired) electrons. The van der Waals surface area contributed by atoms with Crippen molar-refractivity contribution in [3.05, 3.63) is 0 Å². The van der Waals surface area contributed by atoms with Crippen LogP contribution in [0.5, 0.6) is 0 Å². The standard InChI is InChI=1S/C14H25N3O/c1-17(11-5-6-11)8-7-15-14(18)13-12-4-2-3-10(12)9-16-13/h10-13,16H,2-9H2,1H3,(H,15,18). The summed E-state index contributed by atoms with van der Waals surface area (Å²) in [6.45, 7) is 2.82. The van der Waals surface area contributed by atoms with Crippen LogP contribution in [0.15, 0.2) is 0 Å². The monoisotopic (exact) mass is 251 g/mol. The van der Waals surface area contributed by atoms with Gasteiger partial charge in [0.1, 0.15) is 0 Å². The first-order valence-corrected chi connectivity index (χ1v) is 7.47. The van der Waals surface area contributed by atoms with Crippen LogP contribution in [0.2, 0.25) is 0 Å². The number of rotatable bonds is 5. The fraction of sp³-hybridized carbons (Fsp3) is 0.929. The van der Waals surface area contributed by atoms with Crippen molar-refractivity contribution in [2.24, 2.45) is 11.8 Å². The van der Waals surface area contributed by atoms with Crippen molar-refractivity contribution in [2.75, 3.05) is 26.7 Å². The maximum atomic E-state index is 12.2. The Morgan fingerprint density at radius 2 is 2.17 bits per heavy atom. The molecule has 0 aromatic rings. The van der Waals surface area contributed by atoms with Crippen molar-refractivity contribution in [3.8, 4) is 0 Å². The molecular weight excluding hydrogens is 226 g/mol. The van der Waals surface area contributed by atoms with Gasteiger partial charge in [-0.05, 0) is 51.1 Å². The molecule has 3 fully saturated rings. The van der Waals surface area contributed by atoms with Crippen molar-refractivity contribution in [3.63, 3.8) is 0 Å². The average molecular weight is 251 g/mol. The molecule has 1 saturated heterocycles. The molecule has 0 bridgehead atoms. The van der Waals surface area contributed by atoms with E-state index in [1.165, 1.54) is 32.1 Å². The molecule has 0 aromatic carbocycles. The Kier molecular flexibility index (Phi) is 3.57. The summed E-state index contributed by atoms with van der Waals surface area (Å²) in [5.41, 5.74) is 0. The van der Waals surface area contributed by atoms with E-state index in [4.69, 9.17) is 0 Å². The third-order valence-corrected chi connectivity index (χ3v) is 4.96. The lowest BCUT2D eigenvalue weighted by atomic mass is 9.94. The van der Waals surface area contributed by atoms with Crippen molar-refractivity contribution in [2.45, 2.75) is 44.2 Å². The molecule has 0 aromatic heterocycles. The normalized spacial score (nSPS) is 34.9. The number of likely N-dealkylation sites (N-methyl/N-ethyl adjacent to an activating group) is 1. The number of hydrogen-bond donors (Lipinski definition) is 2. The second-order valence-electron chi connectivity index (χ2n) is 6.24. The van der Waals surface area contributed by atoms with E-state index in [0.717, 1.165) is 31.6 Å². The highest BCUT2D eigenvalue weighted by atomic mass is 16.2. The van der Waals surface area contributed by atoms with Crippen LogP contribution >= 0.6 is 0 Å². The molecule has 3 rings (SSSR count). The van der Waals surface area contributed by atoms with Gasteiger partial charge >= 0.3 is 0 Å². The van der Waals surface area contributed by atoms with Crippen molar-refractivity contribution in [1.82, 2.24) is 15.5 Å². The zero-order valence-electron chi connectivity index (χ0n) is 11.3. The second-order valence-corrected chi connectivity index (χ2v) is 6.24. The summed E-state index contributed by atoms with van der Waals surface area (Å²) in [4.78, 5) is 14.5. The van der Waals surface area contributed by atoms with E-state index in [9.17, 15) is 4.79 Å². The van der Waals surface area contributed by atoms with E-state index < -0.39 is 0 Å². The van der Waals surface area contributed by atoms with E-state index in [0.29, 0.717) is 5.92 Å². The third kappa shape index (κ3) is 2.54. The van der Waals surface area contributed by atoms with Crippen molar-refractivity contribution >= 4 is 5.91 Å². The molecule has 2 N–H and O–H groups in total. The van der Waals surface area contributed by atoms with Gasteiger partial charge in [-0.3, -0.25) is 4.79 Å². The number of fused-ring (bicyclic) bond motifs is 1. The van der Waals surface area contributed by atoms with E-state index in [1.807, 2.05) is 0 Å². The number of amides is 1. The summed E-state index contributed by atoms with van der Waals surface area (Å²) in [6, 6.07) is 0.870. The highest BCUT2D eigenvalue weighted by molar-refractivity contribution is 5.82. The zero-order valence-corrected chi connectivity index (χ0v) is 11.3. The molecule has 1 aliphatic heterocycles. The van der Waals surface area contributed by atoms with Gasteiger partial charge in [0.2, 0.25) is 5.91 Å². The first kappa shape index (κ1) is 12.4. The van der Waals surface area contributed by atoms with E-state index in [2.05, 4.69) is 22.6 Å². The van der Waals surface area contributed by atoms with Gasteiger partial charge in [-0.1, -0.05) is 6.42 Å². The molecule has 2 saturated carbocycles. The summed E-state index contributed by atoms with van der Waals surface area (Å²) >= 11 is 0. The smallest absolute Gasteiger partial charge is 0.237 e. The molecule has 3 atom stereocenters. The molecule has 3 unspecified atom stereocenters. The number of nitrogens with one attached hydrogen (secondary N) is 2. The molecule has 18 heavy (non-hydrogen) atoms. The predicted octanol–water partition coefficient (Wildman–Crippen LogP) is 0.585. The third-order valence-electron chi connectivity index (χ3n) is 4.96. The van der Waals surface area contributed by atoms with Gasteiger partial charge in [0.05, 0.1) is 6.04 Å². The van der Waals surface area contributed by atoms with E-state index in [1.54, 1.807) is 0 Å². The lowest BCUT2D eigenvalue weighted by Gasteiger charge is -2.20. The summed E-state index contributed by atoms with van der Waals surface area (Å²) in [7, 11) is 2.16. The minimum atomic E-state index is 0.0868. The van der Waals surface area contributed by atoms with Gasteiger partial charge in [-0.2, -0.15) is 0 Å². The largest absolute Gasteiger partial charge is 0.353 e. The Morgan fingerprint density at radius 1 is 1.33 bits per heavy atom. The minimum Gasteiger partial charge on any atom is -0.353 e. The van der Waals surface area contributed by atoms with Gasteiger partial charge in [0, 0.05) is 19.1 Å². The van der Waals surface area contributed by atoms with Crippen LogP contribution in [0.25, 0.3) is 0 Å². The van der Waals surface area contributed by atoms with Crippen LogP contribution in [-0.4, -0.2) is 49.6 Å². The number of carbonyl (C=O) groups is 1. The van der Waals surface area contributed by atoms with Crippen LogP contribution in [0.3, 0.4) is 0 Å². The van der Waals surface area contributed by atoms with E-state index >= 15 is 0 Å². The van der Waals surface area contributed by atoms with Gasteiger partial charge in [0.15, 0.2) is 0 Å². The van der Waals surface area contributed by atoms with Gasteiger partial charge < -0.3 is 15.5 Å². The fourth-order valence-corrected chi connectivity index (χ4v) is 3.64. The Morgan fingerprint density at radius 3 is 2.94 bits per heavy atom. The molecule has 3 aliphatic rings. The highest BCUT2D eigenvalue weighted by Gasteiger charge is 2.42. The van der Waals surface area contributed by atoms with Crippen LogP contribution in [0.4, 0.5) is 0 Å². The quantitative estimate of drug-likeness (QED) is 0.751. The summed E-state index contributed by atoms with van der Waals surface area (Å²) in [5, 5.41) is 6.51. The molecular formula is C14H25N3O. The van der Waals surface area contributed by atoms with Crippen LogP contribution in [0.1, 0.15) is 32.1 Å². The Bertz CT molecular complexity index is 316. The molecule has 4 heteroatoms. The second kappa shape index (κ2) is 5.17. The molecule has 0 spiro atoms. The maximum Gasteiger partial charge on any atom is 0.237 e. The summed E-state index contributed by atoms with van der Waals surface area (Å²) < 4.78 is 0. The van der Waals surface area contributed by atoms with Crippen molar-refractivity contribution < 1.29 is 4.79 Å². The van der Waals surface area contributed by atoms with Crippen LogP contribution in [0, 0.1) is 11.8 Å². The number of carbonyl (C=O) groups excluding carboxylic acids is 1. The number of nitrogens with zero attached hydrogens (tertiary/aromatic N) is 1. The average Bonchev–Trinajstić information content (AvgIpc) is 2.96. The molecule has 1 heterocycles. The Labute approximate surface area is 109 Å².